The van der Waals surface area contributed by atoms with E-state index in [-0.39, 0.29) is 26.9 Å². The summed E-state index contributed by atoms with van der Waals surface area (Å²) < 4.78 is 36.6. The smallest absolute Gasteiger partial charge is 0.326 e. The normalized spacial score (nSPS) is 13.5. The van der Waals surface area contributed by atoms with Crippen molar-refractivity contribution in [3.05, 3.63) is 93.5 Å². The Hall–Kier alpha value is -3.08. The van der Waals surface area contributed by atoms with Crippen molar-refractivity contribution in [2.24, 2.45) is 0 Å². The van der Waals surface area contributed by atoms with Crippen molar-refractivity contribution in [1.29, 1.82) is 0 Å². The fourth-order valence-electron chi connectivity index (χ4n) is 3.38. The first-order valence-corrected chi connectivity index (χ1v) is 15.6. The second-order valence-electron chi connectivity index (χ2n) is 8.30. The van der Waals surface area contributed by atoms with Crippen LogP contribution < -0.4 is 10.6 Å². The molecule has 0 aliphatic rings. The van der Waals surface area contributed by atoms with E-state index in [4.69, 9.17) is 23.2 Å². The van der Waals surface area contributed by atoms with E-state index in [2.05, 4.69) is 16.9 Å². The molecule has 0 bridgehead atoms. The molecule has 192 valence electrons. The molecule has 0 aliphatic carbocycles. The molecule has 2 N–H and O–H groups in total. The zero-order chi connectivity index (χ0) is 27.4. The maximum Gasteiger partial charge on any atom is 0.326 e. The van der Waals surface area contributed by atoms with E-state index in [1.807, 2.05) is 6.07 Å². The summed E-state index contributed by atoms with van der Waals surface area (Å²) >= 11 is 12.6. The molecule has 1 amide bonds. The van der Waals surface area contributed by atoms with E-state index in [1.54, 1.807) is 30.3 Å². The Balaban J connectivity index is 1.83. The van der Waals surface area contributed by atoms with Crippen molar-refractivity contribution < 1.29 is 27.7 Å². The van der Waals surface area contributed by atoms with E-state index in [0.717, 1.165) is 6.26 Å². The number of carbonyl (C=O) groups excluding carboxylic acids is 1. The second-order valence-corrected chi connectivity index (χ2v) is 13.7. The number of carboxylic acid groups (broad SMARTS) is 1. The van der Waals surface area contributed by atoms with Crippen LogP contribution in [-0.2, 0) is 25.6 Å². The lowest BCUT2D eigenvalue weighted by molar-refractivity contribution is -0.139. The molecule has 0 heterocycles. The van der Waals surface area contributed by atoms with Crippen LogP contribution in [-0.4, -0.2) is 44.4 Å². The van der Waals surface area contributed by atoms with Gasteiger partial charge in [0, 0.05) is 30.2 Å². The number of carboxylic acids is 1. The zero-order valence-electron chi connectivity index (χ0n) is 19.7. The Morgan fingerprint density at radius 1 is 1.03 bits per heavy atom. The summed E-state index contributed by atoms with van der Waals surface area (Å²) in [5.74, 6) is 0.630. The van der Waals surface area contributed by atoms with Crippen molar-refractivity contribution in [3.63, 3.8) is 0 Å². The molecule has 0 saturated carbocycles. The molecule has 0 saturated heterocycles. The van der Waals surface area contributed by atoms with Gasteiger partial charge in [-0.15, -0.1) is 0 Å². The molecule has 11 heteroatoms. The molecule has 0 aromatic heterocycles. The summed E-state index contributed by atoms with van der Waals surface area (Å²) in [7, 11) is -6.47. The van der Waals surface area contributed by atoms with E-state index in [0.29, 0.717) is 16.4 Å². The average Bonchev–Trinajstić information content (AvgIpc) is 2.82. The van der Waals surface area contributed by atoms with Gasteiger partial charge < -0.3 is 15.0 Å². The maximum atomic E-state index is 13.0. The van der Waals surface area contributed by atoms with Crippen LogP contribution in [0.25, 0.3) is 0 Å². The topological polar surface area (TPSA) is 118 Å². The molecule has 0 aliphatic heterocycles. The third-order valence-corrected chi connectivity index (χ3v) is 8.83. The molecule has 3 rings (SSSR count). The molecule has 0 spiro atoms. The molecular weight excluding hydrogens is 556 g/mol. The van der Waals surface area contributed by atoms with Crippen LogP contribution in [0.15, 0.2) is 71.6 Å². The number of hydrogen-bond acceptors (Lipinski definition) is 5. The van der Waals surface area contributed by atoms with Crippen LogP contribution in [0.5, 0.6) is 0 Å². The summed E-state index contributed by atoms with van der Waals surface area (Å²) in [6.45, 7) is 1.54. The lowest BCUT2D eigenvalue weighted by Gasteiger charge is -2.16. The van der Waals surface area contributed by atoms with Gasteiger partial charge in [0.1, 0.15) is 6.04 Å². The molecule has 3 aromatic carbocycles. The number of sulfone groups is 1. The van der Waals surface area contributed by atoms with Crippen LogP contribution in [0.1, 0.15) is 21.5 Å². The van der Waals surface area contributed by atoms with Crippen LogP contribution >= 0.6 is 30.3 Å². The Morgan fingerprint density at radius 3 is 2.22 bits per heavy atom. The number of aliphatic carboxylic acids is 1. The van der Waals surface area contributed by atoms with Gasteiger partial charge in [-0.1, -0.05) is 71.6 Å². The summed E-state index contributed by atoms with van der Waals surface area (Å²) in [6.07, 6.45) is 0.871. The minimum absolute atomic E-state index is 0.0344. The molecule has 37 heavy (non-hydrogen) atoms. The van der Waals surface area contributed by atoms with Crippen molar-refractivity contribution >= 4 is 57.4 Å². The maximum absolute atomic E-state index is 13.0. The van der Waals surface area contributed by atoms with E-state index < -0.39 is 34.9 Å². The zero-order valence-corrected chi connectivity index (χ0v) is 23.0. The predicted molar refractivity (Wildman–Crippen MR) is 145 cm³/mol. The fourth-order valence-corrected chi connectivity index (χ4v) is 5.94. The van der Waals surface area contributed by atoms with Crippen LogP contribution in [0.2, 0.25) is 10.0 Å². The number of halogens is 2. The minimum Gasteiger partial charge on any atom is -0.480 e. The van der Waals surface area contributed by atoms with Gasteiger partial charge in [-0.3, -0.25) is 4.79 Å². The van der Waals surface area contributed by atoms with E-state index in [1.165, 1.54) is 37.0 Å². The quantitative estimate of drug-likeness (QED) is 0.316. The van der Waals surface area contributed by atoms with Crippen molar-refractivity contribution in [1.82, 2.24) is 5.32 Å². The first-order valence-electron chi connectivity index (χ1n) is 10.8. The molecule has 0 fully saturated rings. The van der Waals surface area contributed by atoms with Crippen LogP contribution in [0.4, 0.5) is 0 Å². The highest BCUT2D eigenvalue weighted by Gasteiger charge is 2.25. The van der Waals surface area contributed by atoms with Crippen molar-refractivity contribution in [2.45, 2.75) is 17.4 Å². The standard InChI is InChI=1S/C26H22Cl2NO6PS/c1-36(33,19-8-4-3-5-9-19)12-11-18-14-21(27)24(22(28)15-18)25(30)29-23(26(31)32)16-17-7-6-10-20(13-17)37(2,34)35/h3-10,13-15,23H,16H2,1-2H3,(H,29,30)(H,31,32)/t23-,36?/m0/s1. The SMILES string of the molecule is CP(=O)(C#Cc1cc(Cl)c(C(=O)N[C@@H](Cc2cccc(S(C)(=O)=O)c2)C(=O)O)c(Cl)c1)c1ccccc1. The predicted octanol–water partition coefficient (Wildman–Crippen LogP) is 4.45. The summed E-state index contributed by atoms with van der Waals surface area (Å²) in [5, 5.41) is 12.5. The highest BCUT2D eigenvalue weighted by atomic mass is 35.5. The van der Waals surface area contributed by atoms with Gasteiger partial charge >= 0.3 is 5.97 Å². The highest BCUT2D eigenvalue weighted by molar-refractivity contribution is 7.90. The monoisotopic (exact) mass is 577 g/mol. The third kappa shape index (κ3) is 7.47. The number of amides is 1. The van der Waals surface area contributed by atoms with Crippen molar-refractivity contribution in [3.8, 4) is 11.6 Å². The third-order valence-electron chi connectivity index (χ3n) is 5.30. The van der Waals surface area contributed by atoms with Gasteiger partial charge in [0.05, 0.1) is 20.5 Å². The van der Waals surface area contributed by atoms with Gasteiger partial charge in [-0.05, 0) is 35.5 Å². The molecule has 2 atom stereocenters. The molecule has 7 nitrogen and oxygen atoms in total. The van der Waals surface area contributed by atoms with E-state index >= 15 is 0 Å². The summed E-state index contributed by atoms with van der Waals surface area (Å²) in [4.78, 5) is 24.8. The number of hydrogen-bond donors (Lipinski definition) is 2. The average molecular weight is 578 g/mol. The van der Waals surface area contributed by atoms with Crippen LogP contribution in [0.3, 0.4) is 0 Å². The van der Waals surface area contributed by atoms with Gasteiger partial charge in [-0.2, -0.15) is 0 Å². The van der Waals surface area contributed by atoms with Gasteiger partial charge in [-0.25, -0.2) is 13.2 Å². The molecule has 3 aromatic rings. The molecule has 0 radical (unpaired) electrons. The molecule has 1 unspecified atom stereocenters. The number of benzene rings is 3. The fraction of sp³-hybridized carbons (Fsp3) is 0.154. The van der Waals surface area contributed by atoms with Gasteiger partial charge in [0.2, 0.25) is 0 Å². The Bertz CT molecular complexity index is 1560. The lowest BCUT2D eigenvalue weighted by atomic mass is 10.0. The van der Waals surface area contributed by atoms with Crippen LogP contribution in [0, 0.1) is 11.6 Å². The second kappa shape index (κ2) is 11.5. The van der Waals surface area contributed by atoms with E-state index in [9.17, 15) is 27.7 Å². The van der Waals surface area contributed by atoms with Gasteiger partial charge in [0.15, 0.2) is 17.0 Å². The Morgan fingerprint density at radius 2 is 1.65 bits per heavy atom. The summed E-state index contributed by atoms with van der Waals surface area (Å²) in [5.41, 5.74) is 3.34. The Labute approximate surface area is 225 Å². The van der Waals surface area contributed by atoms with Crippen molar-refractivity contribution in [2.75, 3.05) is 12.9 Å². The Kier molecular flexibility index (Phi) is 8.88. The number of nitrogens with one attached hydrogen (secondary N) is 1. The first-order chi connectivity index (χ1) is 17.3. The number of carbonyl (C=O) groups is 2. The highest BCUT2D eigenvalue weighted by Crippen LogP contribution is 2.38. The summed E-state index contributed by atoms with van der Waals surface area (Å²) in [6, 6.07) is 16.0. The minimum atomic E-state index is -3.49. The number of rotatable bonds is 7. The largest absolute Gasteiger partial charge is 0.480 e. The van der Waals surface area contributed by atoms with Gasteiger partial charge in [0.25, 0.3) is 5.91 Å². The molecular formula is C26H22Cl2NO6PS. The lowest BCUT2D eigenvalue weighted by Crippen LogP contribution is -2.42. The first kappa shape index (κ1) is 28.5.